The third kappa shape index (κ3) is 3.34. The molecule has 1 aliphatic rings. The molecular weight excluding hydrogens is 320 g/mol. The van der Waals surface area contributed by atoms with Crippen molar-refractivity contribution < 1.29 is 14.3 Å². The molecule has 1 aromatic carbocycles. The predicted octanol–water partition coefficient (Wildman–Crippen LogP) is 2.34. The van der Waals surface area contributed by atoms with Crippen LogP contribution in [0.15, 0.2) is 18.2 Å². The monoisotopic (exact) mass is 336 g/mol. The van der Waals surface area contributed by atoms with E-state index < -0.39 is 0 Å². The maximum Gasteiger partial charge on any atom is 0.320 e. The number of nitrogens with zero attached hydrogens (tertiary/aromatic N) is 2. The van der Waals surface area contributed by atoms with Crippen molar-refractivity contribution in [2.45, 2.75) is 13.0 Å². The molecule has 23 heavy (non-hydrogen) atoms. The second kappa shape index (κ2) is 6.37. The van der Waals surface area contributed by atoms with Gasteiger partial charge in [-0.25, -0.2) is 9.48 Å². The summed E-state index contributed by atoms with van der Waals surface area (Å²) in [7, 11) is 3.24. The van der Waals surface area contributed by atoms with Gasteiger partial charge in [0.1, 0.15) is 11.6 Å². The number of aromatic nitrogens is 2. The summed E-state index contributed by atoms with van der Waals surface area (Å²) in [5.74, 6) is 1.78. The SMILES string of the molecule is COc1cc(NC(=O)NCc2cc(Cl)cc3c2OCC3)n(C)n1. The Bertz CT molecular complexity index is 745. The van der Waals surface area contributed by atoms with Crippen molar-refractivity contribution in [2.75, 3.05) is 19.0 Å². The predicted molar refractivity (Wildman–Crippen MR) is 86.3 cm³/mol. The van der Waals surface area contributed by atoms with Crippen LogP contribution in [0.3, 0.4) is 0 Å². The molecular formula is C15H17ClN4O3. The van der Waals surface area contributed by atoms with Crippen molar-refractivity contribution in [3.63, 3.8) is 0 Å². The molecule has 0 bridgehead atoms. The normalized spacial score (nSPS) is 12.5. The van der Waals surface area contributed by atoms with Crippen molar-refractivity contribution in [3.8, 4) is 11.6 Å². The summed E-state index contributed by atoms with van der Waals surface area (Å²) in [6, 6.07) is 5.00. The van der Waals surface area contributed by atoms with Crippen LogP contribution in [-0.4, -0.2) is 29.5 Å². The zero-order valence-corrected chi connectivity index (χ0v) is 13.6. The molecule has 2 aromatic rings. The van der Waals surface area contributed by atoms with Crippen LogP contribution in [-0.2, 0) is 20.0 Å². The van der Waals surface area contributed by atoms with Gasteiger partial charge in [-0.2, -0.15) is 0 Å². The fourth-order valence-corrected chi connectivity index (χ4v) is 2.73. The van der Waals surface area contributed by atoms with E-state index in [0.29, 0.717) is 29.9 Å². The fraction of sp³-hybridized carbons (Fsp3) is 0.333. The topological polar surface area (TPSA) is 77.4 Å². The highest BCUT2D eigenvalue weighted by molar-refractivity contribution is 6.30. The molecule has 0 spiro atoms. The van der Waals surface area contributed by atoms with Crippen LogP contribution >= 0.6 is 11.6 Å². The molecule has 2 heterocycles. The van der Waals surface area contributed by atoms with Gasteiger partial charge in [0.15, 0.2) is 0 Å². The lowest BCUT2D eigenvalue weighted by molar-refractivity contribution is 0.251. The van der Waals surface area contributed by atoms with Crippen molar-refractivity contribution >= 4 is 23.4 Å². The molecule has 1 aromatic heterocycles. The minimum absolute atomic E-state index is 0.323. The Balaban J connectivity index is 1.64. The summed E-state index contributed by atoms with van der Waals surface area (Å²) in [6.07, 6.45) is 0.837. The molecule has 0 unspecified atom stereocenters. The van der Waals surface area contributed by atoms with Gasteiger partial charge >= 0.3 is 6.03 Å². The number of anilines is 1. The van der Waals surface area contributed by atoms with Gasteiger partial charge in [0, 0.05) is 36.7 Å². The summed E-state index contributed by atoms with van der Waals surface area (Å²) in [5.41, 5.74) is 1.94. The van der Waals surface area contributed by atoms with Crippen molar-refractivity contribution in [3.05, 3.63) is 34.3 Å². The molecule has 2 N–H and O–H groups in total. The maximum absolute atomic E-state index is 12.0. The highest BCUT2D eigenvalue weighted by Gasteiger charge is 2.18. The Labute approximate surface area is 138 Å². The van der Waals surface area contributed by atoms with E-state index in [-0.39, 0.29) is 6.03 Å². The number of fused-ring (bicyclic) bond motifs is 1. The van der Waals surface area contributed by atoms with Gasteiger partial charge in [-0.3, -0.25) is 5.32 Å². The Morgan fingerprint density at radius 2 is 2.30 bits per heavy atom. The lowest BCUT2D eigenvalue weighted by Gasteiger charge is -2.11. The smallest absolute Gasteiger partial charge is 0.320 e. The Hall–Kier alpha value is -2.41. The number of nitrogens with one attached hydrogen (secondary N) is 2. The summed E-state index contributed by atoms with van der Waals surface area (Å²) in [4.78, 5) is 12.0. The lowest BCUT2D eigenvalue weighted by Crippen LogP contribution is -2.29. The Morgan fingerprint density at radius 1 is 1.48 bits per heavy atom. The number of ether oxygens (including phenoxy) is 2. The molecule has 0 saturated carbocycles. The number of aryl methyl sites for hydroxylation is 1. The standard InChI is InChI=1S/C15H17ClN4O3/c1-20-12(7-13(19-20)22-2)18-15(21)17-8-10-6-11(16)5-9-3-4-23-14(9)10/h5-7H,3-4,8H2,1-2H3,(H2,17,18,21). The molecule has 0 radical (unpaired) electrons. The Kier molecular flexibility index (Phi) is 4.29. The van der Waals surface area contributed by atoms with Crippen LogP contribution < -0.4 is 20.1 Å². The number of methoxy groups -OCH3 is 1. The average molecular weight is 337 g/mol. The van der Waals surface area contributed by atoms with Gasteiger partial charge in [0.05, 0.1) is 13.7 Å². The molecule has 3 rings (SSSR count). The van der Waals surface area contributed by atoms with E-state index in [1.165, 1.54) is 11.8 Å². The van der Waals surface area contributed by atoms with Gasteiger partial charge < -0.3 is 14.8 Å². The van der Waals surface area contributed by atoms with Crippen molar-refractivity contribution in [2.24, 2.45) is 7.05 Å². The first-order valence-corrected chi connectivity index (χ1v) is 7.51. The highest BCUT2D eigenvalue weighted by Crippen LogP contribution is 2.32. The second-order valence-electron chi connectivity index (χ2n) is 5.15. The van der Waals surface area contributed by atoms with Gasteiger partial charge in [-0.05, 0) is 17.7 Å². The van der Waals surface area contributed by atoms with Crippen molar-refractivity contribution in [1.29, 1.82) is 0 Å². The maximum atomic E-state index is 12.0. The molecule has 0 saturated heterocycles. The molecule has 1 aliphatic heterocycles. The molecule has 122 valence electrons. The van der Waals surface area contributed by atoms with Gasteiger partial charge in [0.2, 0.25) is 5.88 Å². The molecule has 0 aliphatic carbocycles. The number of hydrogen-bond donors (Lipinski definition) is 2. The summed E-state index contributed by atoms with van der Waals surface area (Å²) in [5, 5.41) is 10.2. The zero-order valence-electron chi connectivity index (χ0n) is 12.9. The van der Waals surface area contributed by atoms with E-state index in [1.54, 1.807) is 19.2 Å². The summed E-state index contributed by atoms with van der Waals surface area (Å²) >= 11 is 6.10. The number of rotatable bonds is 4. The van der Waals surface area contributed by atoms with E-state index in [0.717, 1.165) is 23.3 Å². The highest BCUT2D eigenvalue weighted by atomic mass is 35.5. The average Bonchev–Trinajstić information content (AvgIpc) is 3.11. The number of benzene rings is 1. The first-order chi connectivity index (χ1) is 11.1. The zero-order chi connectivity index (χ0) is 16.4. The van der Waals surface area contributed by atoms with E-state index in [2.05, 4.69) is 15.7 Å². The minimum atomic E-state index is -0.345. The number of carbonyl (C=O) groups excluding carboxylic acids is 1. The van der Waals surface area contributed by atoms with Crippen LogP contribution in [0.1, 0.15) is 11.1 Å². The van der Waals surface area contributed by atoms with Crippen molar-refractivity contribution in [1.82, 2.24) is 15.1 Å². The first kappa shape index (κ1) is 15.5. The first-order valence-electron chi connectivity index (χ1n) is 7.14. The van der Waals surface area contributed by atoms with Crippen LogP contribution in [0.5, 0.6) is 11.6 Å². The number of hydrogen-bond acceptors (Lipinski definition) is 4. The van der Waals surface area contributed by atoms with Gasteiger partial charge in [-0.15, -0.1) is 5.10 Å². The van der Waals surface area contributed by atoms with Crippen LogP contribution in [0.25, 0.3) is 0 Å². The lowest BCUT2D eigenvalue weighted by atomic mass is 10.1. The summed E-state index contributed by atoms with van der Waals surface area (Å²) in [6.45, 7) is 0.966. The fourth-order valence-electron chi connectivity index (χ4n) is 2.47. The van der Waals surface area contributed by atoms with E-state index in [9.17, 15) is 4.79 Å². The largest absolute Gasteiger partial charge is 0.493 e. The Morgan fingerprint density at radius 3 is 3.04 bits per heavy atom. The van der Waals surface area contributed by atoms with Crippen LogP contribution in [0, 0.1) is 0 Å². The molecule has 8 heteroatoms. The van der Waals surface area contributed by atoms with Gasteiger partial charge in [0.25, 0.3) is 0 Å². The molecule has 2 amide bonds. The van der Waals surface area contributed by atoms with E-state index in [1.807, 2.05) is 6.07 Å². The number of urea groups is 1. The molecule has 0 atom stereocenters. The number of halogens is 1. The van der Waals surface area contributed by atoms with E-state index in [4.69, 9.17) is 21.1 Å². The van der Waals surface area contributed by atoms with E-state index >= 15 is 0 Å². The minimum Gasteiger partial charge on any atom is -0.493 e. The number of amides is 2. The third-order valence-corrected chi connectivity index (χ3v) is 3.79. The second-order valence-corrected chi connectivity index (χ2v) is 5.59. The number of carbonyl (C=O) groups is 1. The summed E-state index contributed by atoms with van der Waals surface area (Å²) < 4.78 is 12.2. The quantitative estimate of drug-likeness (QED) is 0.898. The van der Waals surface area contributed by atoms with Crippen LogP contribution in [0.4, 0.5) is 10.6 Å². The van der Waals surface area contributed by atoms with Gasteiger partial charge in [-0.1, -0.05) is 11.6 Å². The molecule has 7 nitrogen and oxygen atoms in total. The third-order valence-electron chi connectivity index (χ3n) is 3.57. The van der Waals surface area contributed by atoms with Crippen LogP contribution in [0.2, 0.25) is 5.02 Å². The molecule has 0 fully saturated rings.